The van der Waals surface area contributed by atoms with E-state index in [0.717, 1.165) is 33.8 Å². The van der Waals surface area contributed by atoms with E-state index in [-0.39, 0.29) is 5.91 Å². The van der Waals surface area contributed by atoms with Crippen LogP contribution in [-0.4, -0.2) is 11.1 Å². The Morgan fingerprint density at radius 1 is 1.11 bits per heavy atom. The smallest absolute Gasteiger partial charge is 0.229 e. The van der Waals surface area contributed by atoms with Crippen LogP contribution in [0.4, 0.5) is 11.4 Å². The van der Waals surface area contributed by atoms with Crippen molar-refractivity contribution in [3.63, 3.8) is 0 Å². The van der Waals surface area contributed by atoms with Crippen LogP contribution in [-0.2, 0) is 11.3 Å². The van der Waals surface area contributed by atoms with Gasteiger partial charge in [0, 0.05) is 34.5 Å². The summed E-state index contributed by atoms with van der Waals surface area (Å²) in [6, 6.07) is 14.1. The van der Waals surface area contributed by atoms with Crippen molar-refractivity contribution >= 4 is 17.3 Å². The number of aryl methyl sites for hydroxylation is 2. The van der Waals surface area contributed by atoms with Crippen molar-refractivity contribution in [2.75, 3.05) is 10.6 Å². The highest BCUT2D eigenvalue weighted by molar-refractivity contribution is 5.95. The van der Waals surface area contributed by atoms with E-state index in [1.807, 2.05) is 58.0 Å². The zero-order valence-corrected chi connectivity index (χ0v) is 17.1. The predicted octanol–water partition coefficient (Wildman–Crippen LogP) is 5.56. The number of aromatic nitrogens is 1. The van der Waals surface area contributed by atoms with E-state index in [0.29, 0.717) is 6.54 Å². The number of rotatable bonds is 5. The Hall–Kier alpha value is -3.08. The lowest BCUT2D eigenvalue weighted by Crippen LogP contribution is -2.27. The molecular weight excluding hydrogens is 350 g/mol. The van der Waals surface area contributed by atoms with Crippen LogP contribution in [0.1, 0.15) is 37.5 Å². The minimum Gasteiger partial charge on any atom is -0.381 e. The second-order valence-corrected chi connectivity index (χ2v) is 8.14. The fraction of sp³-hybridized carbons (Fsp3) is 0.304. The molecule has 2 aromatic carbocycles. The summed E-state index contributed by atoms with van der Waals surface area (Å²) in [5.41, 5.74) is 5.57. The zero-order chi connectivity index (χ0) is 20.3. The van der Waals surface area contributed by atoms with Gasteiger partial charge >= 0.3 is 0 Å². The number of nitrogens with zero attached hydrogens (tertiary/aromatic N) is 1. The molecule has 0 aliphatic heterocycles. The Morgan fingerprint density at radius 2 is 1.89 bits per heavy atom. The lowest BCUT2D eigenvalue weighted by atomic mass is 9.95. The van der Waals surface area contributed by atoms with Crippen molar-refractivity contribution in [3.05, 3.63) is 65.4 Å². The number of carbonyl (C=O) groups excluding carboxylic acids is 1. The Bertz CT molecular complexity index is 984. The number of amides is 1. The van der Waals surface area contributed by atoms with Gasteiger partial charge in [-0.15, -0.1) is 0 Å². The molecule has 0 fully saturated rings. The number of hydrogen-bond acceptors (Lipinski definition) is 4. The van der Waals surface area contributed by atoms with Gasteiger partial charge in [-0.25, -0.2) is 0 Å². The maximum absolute atomic E-state index is 12.2. The normalized spacial score (nSPS) is 11.3. The monoisotopic (exact) mass is 377 g/mol. The highest BCUT2D eigenvalue weighted by Gasteiger charge is 2.21. The summed E-state index contributed by atoms with van der Waals surface area (Å²) in [6.45, 7) is 10.3. The van der Waals surface area contributed by atoms with E-state index in [1.165, 1.54) is 5.56 Å². The van der Waals surface area contributed by atoms with Crippen molar-refractivity contribution in [1.82, 2.24) is 5.16 Å². The van der Waals surface area contributed by atoms with E-state index in [4.69, 9.17) is 4.52 Å². The first-order valence-corrected chi connectivity index (χ1v) is 9.40. The summed E-state index contributed by atoms with van der Waals surface area (Å²) in [4.78, 5) is 12.2. The first-order valence-electron chi connectivity index (χ1n) is 9.40. The minimum atomic E-state index is -0.427. The van der Waals surface area contributed by atoms with Gasteiger partial charge < -0.3 is 15.2 Å². The van der Waals surface area contributed by atoms with Gasteiger partial charge in [-0.2, -0.15) is 0 Å². The second-order valence-electron chi connectivity index (χ2n) is 8.14. The molecular formula is C23H27N3O2. The second kappa shape index (κ2) is 7.89. The summed E-state index contributed by atoms with van der Waals surface area (Å²) in [7, 11) is 0. The van der Waals surface area contributed by atoms with Crippen molar-refractivity contribution in [3.8, 4) is 11.3 Å². The first-order chi connectivity index (χ1) is 13.2. The summed E-state index contributed by atoms with van der Waals surface area (Å²) in [5.74, 6) is 0.783. The Kier molecular flexibility index (Phi) is 5.54. The summed E-state index contributed by atoms with van der Waals surface area (Å²) in [5, 5.41) is 10.4. The standard InChI is InChI=1S/C23H27N3O2/c1-15-7-6-8-17(11-15)21-18(14-25-28-21)13-24-19-9-10-20(16(2)12-19)26-22(27)23(3,4)5/h6-12,14,24H,13H2,1-5H3,(H,26,27). The Labute approximate surface area is 166 Å². The molecule has 3 rings (SSSR count). The highest BCUT2D eigenvalue weighted by Crippen LogP contribution is 2.26. The summed E-state index contributed by atoms with van der Waals surface area (Å²) < 4.78 is 5.48. The van der Waals surface area contributed by atoms with Gasteiger partial charge in [0.25, 0.3) is 0 Å². The van der Waals surface area contributed by atoms with Crippen LogP contribution in [0.3, 0.4) is 0 Å². The van der Waals surface area contributed by atoms with Crippen LogP contribution in [0.5, 0.6) is 0 Å². The molecule has 0 unspecified atom stereocenters. The van der Waals surface area contributed by atoms with Crippen molar-refractivity contribution in [1.29, 1.82) is 0 Å². The summed E-state index contributed by atoms with van der Waals surface area (Å²) >= 11 is 0. The van der Waals surface area contributed by atoms with Crippen molar-refractivity contribution in [2.24, 2.45) is 5.41 Å². The molecule has 0 aliphatic rings. The predicted molar refractivity (Wildman–Crippen MR) is 113 cm³/mol. The first kappa shape index (κ1) is 19.7. The third-order valence-electron chi connectivity index (χ3n) is 4.56. The van der Waals surface area contributed by atoms with E-state index < -0.39 is 5.41 Å². The molecule has 0 atom stereocenters. The average molecular weight is 377 g/mol. The zero-order valence-electron chi connectivity index (χ0n) is 17.1. The van der Waals surface area contributed by atoms with Gasteiger partial charge in [0.1, 0.15) is 0 Å². The van der Waals surface area contributed by atoms with Gasteiger partial charge in [-0.1, -0.05) is 49.7 Å². The van der Waals surface area contributed by atoms with Gasteiger partial charge in [-0.3, -0.25) is 4.79 Å². The molecule has 0 saturated heterocycles. The van der Waals surface area contributed by atoms with Crippen LogP contribution in [0.15, 0.2) is 53.2 Å². The Balaban J connectivity index is 1.70. The molecule has 0 spiro atoms. The third-order valence-corrected chi connectivity index (χ3v) is 4.56. The van der Waals surface area contributed by atoms with E-state index >= 15 is 0 Å². The van der Waals surface area contributed by atoms with Gasteiger partial charge in [0.15, 0.2) is 5.76 Å². The average Bonchev–Trinajstić information content (AvgIpc) is 3.09. The quantitative estimate of drug-likeness (QED) is 0.611. The van der Waals surface area contributed by atoms with Crippen molar-refractivity contribution < 1.29 is 9.32 Å². The lowest BCUT2D eigenvalue weighted by molar-refractivity contribution is -0.123. The van der Waals surface area contributed by atoms with Crippen LogP contribution < -0.4 is 10.6 Å². The van der Waals surface area contributed by atoms with Crippen LogP contribution in [0, 0.1) is 19.3 Å². The van der Waals surface area contributed by atoms with Crippen LogP contribution >= 0.6 is 0 Å². The molecule has 146 valence electrons. The minimum absolute atomic E-state index is 0.00331. The fourth-order valence-electron chi connectivity index (χ4n) is 2.83. The molecule has 3 aromatic rings. The number of anilines is 2. The summed E-state index contributed by atoms with van der Waals surface area (Å²) in [6.07, 6.45) is 1.75. The maximum Gasteiger partial charge on any atom is 0.229 e. The highest BCUT2D eigenvalue weighted by atomic mass is 16.5. The number of benzene rings is 2. The molecule has 28 heavy (non-hydrogen) atoms. The molecule has 0 saturated carbocycles. The molecule has 0 radical (unpaired) electrons. The molecule has 5 nitrogen and oxygen atoms in total. The molecule has 1 amide bonds. The van der Waals surface area contributed by atoms with Crippen LogP contribution in [0.2, 0.25) is 0 Å². The third kappa shape index (κ3) is 4.60. The fourth-order valence-corrected chi connectivity index (χ4v) is 2.83. The van der Waals surface area contributed by atoms with E-state index in [2.05, 4.69) is 34.8 Å². The largest absolute Gasteiger partial charge is 0.381 e. The molecule has 0 aliphatic carbocycles. The van der Waals surface area contributed by atoms with Crippen molar-refractivity contribution in [2.45, 2.75) is 41.2 Å². The van der Waals surface area contributed by atoms with Gasteiger partial charge in [-0.05, 0) is 43.7 Å². The molecule has 2 N–H and O–H groups in total. The topological polar surface area (TPSA) is 67.2 Å². The molecule has 1 aromatic heterocycles. The van der Waals surface area contributed by atoms with Gasteiger partial charge in [0.2, 0.25) is 5.91 Å². The van der Waals surface area contributed by atoms with E-state index in [9.17, 15) is 4.79 Å². The Morgan fingerprint density at radius 3 is 2.57 bits per heavy atom. The SMILES string of the molecule is Cc1cccc(-c2oncc2CNc2ccc(NC(=O)C(C)(C)C)c(C)c2)c1. The molecule has 0 bridgehead atoms. The van der Waals surface area contributed by atoms with Crippen LogP contribution in [0.25, 0.3) is 11.3 Å². The lowest BCUT2D eigenvalue weighted by Gasteiger charge is -2.19. The van der Waals surface area contributed by atoms with E-state index in [1.54, 1.807) is 6.20 Å². The van der Waals surface area contributed by atoms with Gasteiger partial charge in [0.05, 0.1) is 6.20 Å². The maximum atomic E-state index is 12.2. The number of hydrogen-bond donors (Lipinski definition) is 2. The number of carbonyl (C=O) groups is 1. The molecule has 5 heteroatoms. The molecule has 1 heterocycles. The number of nitrogens with one attached hydrogen (secondary N) is 2.